The van der Waals surface area contributed by atoms with E-state index >= 15 is 0 Å². The summed E-state index contributed by atoms with van der Waals surface area (Å²) in [4.78, 5) is 17.1. The molecule has 0 unspecified atom stereocenters. The molecule has 1 fully saturated rings. The van der Waals surface area contributed by atoms with E-state index < -0.39 is 0 Å². The number of nitrogens with one attached hydrogen (secondary N) is 1. The molecule has 2 aromatic heterocycles. The van der Waals surface area contributed by atoms with Gasteiger partial charge >= 0.3 is 0 Å². The van der Waals surface area contributed by atoms with Gasteiger partial charge in [-0.25, -0.2) is 9.50 Å². The number of carbonyl (C=O) groups excluding carboxylic acids is 1. The number of hydrogen-bond donors (Lipinski definition) is 1. The Labute approximate surface area is 149 Å². The van der Waals surface area contributed by atoms with Crippen molar-refractivity contribution in [1.29, 1.82) is 0 Å². The molecule has 0 bridgehead atoms. The van der Waals surface area contributed by atoms with Gasteiger partial charge in [-0.05, 0) is 45.6 Å². The smallest absolute Gasteiger partial charge is 0.257 e. The number of nitrogens with zero attached hydrogens (tertiary/aromatic N) is 3. The molecule has 0 saturated heterocycles. The fraction of sp³-hybridized carbons (Fsp3) is 0.632. The number of aromatic nitrogens is 3. The van der Waals surface area contributed by atoms with Crippen LogP contribution in [-0.4, -0.2) is 39.8 Å². The summed E-state index contributed by atoms with van der Waals surface area (Å²) >= 11 is 0. The monoisotopic (exact) mass is 344 g/mol. The van der Waals surface area contributed by atoms with E-state index in [4.69, 9.17) is 4.74 Å². The zero-order valence-corrected chi connectivity index (χ0v) is 15.6. The lowest BCUT2D eigenvalue weighted by Crippen LogP contribution is -2.32. The van der Waals surface area contributed by atoms with Gasteiger partial charge < -0.3 is 10.1 Å². The number of aryl methyl sites for hydroxylation is 3. The average Bonchev–Trinajstić information content (AvgIpc) is 2.89. The Kier molecular flexibility index (Phi) is 5.37. The fourth-order valence-corrected chi connectivity index (χ4v) is 3.69. The van der Waals surface area contributed by atoms with E-state index in [1.807, 2.05) is 26.8 Å². The number of fused-ring (bicyclic) bond motifs is 1. The molecule has 2 aromatic rings. The largest absolute Gasteiger partial charge is 0.376 e. The second kappa shape index (κ2) is 7.52. The highest BCUT2D eigenvalue weighted by molar-refractivity contribution is 6.01. The second-order valence-electron chi connectivity index (χ2n) is 7.16. The van der Waals surface area contributed by atoms with Gasteiger partial charge in [0.1, 0.15) is 5.56 Å². The summed E-state index contributed by atoms with van der Waals surface area (Å²) in [5.41, 5.74) is 3.72. The number of rotatable bonds is 5. The summed E-state index contributed by atoms with van der Waals surface area (Å²) in [6.07, 6.45) is 5.25. The van der Waals surface area contributed by atoms with Crippen LogP contribution in [0.3, 0.4) is 0 Å². The summed E-state index contributed by atoms with van der Waals surface area (Å²) in [5, 5.41) is 7.40. The molecule has 25 heavy (non-hydrogen) atoms. The van der Waals surface area contributed by atoms with Crippen molar-refractivity contribution in [3.05, 3.63) is 28.7 Å². The Balaban J connectivity index is 1.62. The zero-order valence-electron chi connectivity index (χ0n) is 15.6. The molecule has 1 aliphatic rings. The Bertz CT molecular complexity index is 768. The normalized spacial score (nSPS) is 20.8. The Hall–Kier alpha value is -1.95. The maximum absolute atomic E-state index is 12.6. The molecule has 6 nitrogen and oxygen atoms in total. The van der Waals surface area contributed by atoms with Crippen molar-refractivity contribution in [3.8, 4) is 0 Å². The predicted molar refractivity (Wildman–Crippen MR) is 96.9 cm³/mol. The lowest BCUT2D eigenvalue weighted by Gasteiger charge is -2.28. The average molecular weight is 344 g/mol. The lowest BCUT2D eigenvalue weighted by molar-refractivity contribution is -0.00293. The van der Waals surface area contributed by atoms with Gasteiger partial charge in [-0.15, -0.1) is 0 Å². The molecule has 3 rings (SSSR count). The number of carbonyl (C=O) groups is 1. The van der Waals surface area contributed by atoms with Gasteiger partial charge in [0.15, 0.2) is 5.65 Å². The SMILES string of the molecule is Cc1cc(C)n2nc(C)c(C(=O)NCCO[C@@H]3CCCC[C@@H]3C)c2n1. The third-order valence-electron chi connectivity index (χ3n) is 5.05. The molecular weight excluding hydrogens is 316 g/mol. The minimum absolute atomic E-state index is 0.134. The highest BCUT2D eigenvalue weighted by Crippen LogP contribution is 2.26. The van der Waals surface area contributed by atoms with Crippen LogP contribution >= 0.6 is 0 Å². The van der Waals surface area contributed by atoms with E-state index in [0.29, 0.717) is 42.1 Å². The quantitative estimate of drug-likeness (QED) is 0.847. The topological polar surface area (TPSA) is 68.5 Å². The summed E-state index contributed by atoms with van der Waals surface area (Å²) in [6, 6.07) is 1.96. The Morgan fingerprint density at radius 1 is 1.32 bits per heavy atom. The molecular formula is C19H28N4O2. The minimum Gasteiger partial charge on any atom is -0.376 e. The van der Waals surface area contributed by atoms with Crippen molar-refractivity contribution in [1.82, 2.24) is 19.9 Å². The molecule has 1 N–H and O–H groups in total. The van der Waals surface area contributed by atoms with Crippen molar-refractivity contribution in [3.63, 3.8) is 0 Å². The van der Waals surface area contributed by atoms with Crippen LogP contribution in [0.5, 0.6) is 0 Å². The third-order valence-corrected chi connectivity index (χ3v) is 5.05. The Morgan fingerprint density at radius 3 is 2.84 bits per heavy atom. The highest BCUT2D eigenvalue weighted by Gasteiger charge is 2.22. The van der Waals surface area contributed by atoms with E-state index in [2.05, 4.69) is 22.3 Å². The van der Waals surface area contributed by atoms with Gasteiger partial charge in [0.2, 0.25) is 0 Å². The van der Waals surface area contributed by atoms with Gasteiger partial charge in [0.05, 0.1) is 18.4 Å². The van der Waals surface area contributed by atoms with Crippen LogP contribution < -0.4 is 5.32 Å². The van der Waals surface area contributed by atoms with Crippen LogP contribution in [0, 0.1) is 26.7 Å². The van der Waals surface area contributed by atoms with E-state index in [-0.39, 0.29) is 5.91 Å². The molecule has 2 heterocycles. The third kappa shape index (κ3) is 3.84. The van der Waals surface area contributed by atoms with E-state index in [1.165, 1.54) is 19.3 Å². The van der Waals surface area contributed by atoms with Gasteiger partial charge in [-0.2, -0.15) is 5.10 Å². The van der Waals surface area contributed by atoms with Crippen molar-refractivity contribution in [2.75, 3.05) is 13.2 Å². The van der Waals surface area contributed by atoms with Crippen molar-refractivity contribution >= 4 is 11.6 Å². The molecule has 1 amide bonds. The molecule has 2 atom stereocenters. The highest BCUT2D eigenvalue weighted by atomic mass is 16.5. The zero-order chi connectivity index (χ0) is 18.0. The molecule has 0 spiro atoms. The summed E-state index contributed by atoms with van der Waals surface area (Å²) in [6.45, 7) is 9.04. The molecule has 0 aromatic carbocycles. The molecule has 0 aliphatic heterocycles. The Morgan fingerprint density at radius 2 is 2.08 bits per heavy atom. The van der Waals surface area contributed by atoms with Gasteiger partial charge in [-0.3, -0.25) is 4.79 Å². The number of hydrogen-bond acceptors (Lipinski definition) is 4. The molecule has 0 radical (unpaired) electrons. The number of amides is 1. The summed E-state index contributed by atoms with van der Waals surface area (Å²) in [5.74, 6) is 0.478. The molecule has 1 saturated carbocycles. The van der Waals surface area contributed by atoms with Crippen LogP contribution in [0.4, 0.5) is 0 Å². The fourth-order valence-electron chi connectivity index (χ4n) is 3.69. The van der Waals surface area contributed by atoms with Crippen LogP contribution in [0.25, 0.3) is 5.65 Å². The van der Waals surface area contributed by atoms with Gasteiger partial charge in [-0.1, -0.05) is 19.8 Å². The molecule has 6 heteroatoms. The summed E-state index contributed by atoms with van der Waals surface area (Å²) < 4.78 is 7.70. The second-order valence-corrected chi connectivity index (χ2v) is 7.16. The summed E-state index contributed by atoms with van der Waals surface area (Å²) in [7, 11) is 0. The van der Waals surface area contributed by atoms with Crippen LogP contribution in [0.2, 0.25) is 0 Å². The van der Waals surface area contributed by atoms with E-state index in [9.17, 15) is 4.79 Å². The predicted octanol–water partition coefficient (Wildman–Crippen LogP) is 2.98. The first kappa shape index (κ1) is 17.9. The minimum atomic E-state index is -0.134. The first-order chi connectivity index (χ1) is 12.0. The van der Waals surface area contributed by atoms with Crippen LogP contribution in [-0.2, 0) is 4.74 Å². The maximum Gasteiger partial charge on any atom is 0.257 e. The van der Waals surface area contributed by atoms with Crippen molar-refractivity contribution in [2.24, 2.45) is 5.92 Å². The van der Waals surface area contributed by atoms with Gasteiger partial charge in [0, 0.05) is 17.9 Å². The first-order valence-corrected chi connectivity index (χ1v) is 9.20. The van der Waals surface area contributed by atoms with Crippen LogP contribution in [0.15, 0.2) is 6.07 Å². The maximum atomic E-state index is 12.6. The lowest BCUT2D eigenvalue weighted by atomic mass is 9.88. The number of ether oxygens (including phenoxy) is 1. The van der Waals surface area contributed by atoms with Crippen molar-refractivity contribution in [2.45, 2.75) is 59.5 Å². The molecule has 136 valence electrons. The van der Waals surface area contributed by atoms with E-state index in [0.717, 1.165) is 17.8 Å². The van der Waals surface area contributed by atoms with E-state index in [1.54, 1.807) is 4.52 Å². The van der Waals surface area contributed by atoms with Crippen molar-refractivity contribution < 1.29 is 9.53 Å². The van der Waals surface area contributed by atoms with Crippen LogP contribution in [0.1, 0.15) is 60.0 Å². The van der Waals surface area contributed by atoms with Gasteiger partial charge in [0.25, 0.3) is 5.91 Å². The first-order valence-electron chi connectivity index (χ1n) is 9.20. The molecule has 1 aliphatic carbocycles. The standard InChI is InChI=1S/C19H28N4O2/c1-12-7-5-6-8-16(12)25-10-9-20-19(24)17-15(4)22-23-14(3)11-13(2)21-18(17)23/h11-12,16H,5-10H2,1-4H3,(H,20,24)/t12-,16+/m0/s1.